The minimum atomic E-state index is -1.26. The maximum Gasteiger partial charge on any atom is 0.307 e. The van der Waals surface area contributed by atoms with Crippen LogP contribution in [0.4, 0.5) is 20.2 Å². The van der Waals surface area contributed by atoms with Crippen LogP contribution in [0.25, 0.3) is 0 Å². The fraction of sp³-hybridized carbons (Fsp3) is 0.0769. The summed E-state index contributed by atoms with van der Waals surface area (Å²) in [7, 11) is 0. The number of phenolic OH excluding ortho intramolecular Hbond substituents is 1. The third-order valence-corrected chi connectivity index (χ3v) is 3.14. The lowest BCUT2D eigenvalue weighted by molar-refractivity contribution is -0.387. The Hall–Kier alpha value is -2.41. The van der Waals surface area contributed by atoms with Gasteiger partial charge in [0.2, 0.25) is 5.82 Å². The fourth-order valence-electron chi connectivity index (χ4n) is 1.72. The number of rotatable bonds is 4. The molecule has 0 aromatic heterocycles. The summed E-state index contributed by atoms with van der Waals surface area (Å²) in [6.07, 6.45) is 0. The predicted octanol–water partition coefficient (Wildman–Crippen LogP) is 3.84. The summed E-state index contributed by atoms with van der Waals surface area (Å²) in [5.74, 6) is -2.35. The van der Waals surface area contributed by atoms with Crippen molar-refractivity contribution in [2.75, 3.05) is 5.32 Å². The molecule has 0 fully saturated rings. The second-order valence-corrected chi connectivity index (χ2v) is 4.54. The van der Waals surface area contributed by atoms with Gasteiger partial charge in [-0.3, -0.25) is 10.1 Å². The number of nitrogens with one attached hydrogen (secondary N) is 1. The molecule has 0 radical (unpaired) electrons. The third kappa shape index (κ3) is 3.19. The molecule has 0 heterocycles. The maximum absolute atomic E-state index is 13.6. The summed E-state index contributed by atoms with van der Waals surface area (Å²) in [5, 5.41) is 23.1. The van der Waals surface area contributed by atoms with Crippen molar-refractivity contribution in [2.45, 2.75) is 6.54 Å². The molecular formula is C13H9ClF2N2O3. The van der Waals surface area contributed by atoms with Crippen molar-refractivity contribution in [2.24, 2.45) is 0 Å². The molecule has 0 saturated carbocycles. The van der Waals surface area contributed by atoms with E-state index in [-0.39, 0.29) is 23.0 Å². The molecule has 0 spiro atoms. The van der Waals surface area contributed by atoms with Gasteiger partial charge in [0.25, 0.3) is 0 Å². The molecule has 0 unspecified atom stereocenters. The standard InChI is InChI=1S/C13H9ClF2N2O3/c14-8-2-1-3-13(19)7(8)6-17-11-5-12(18(20)21)10(16)4-9(11)15/h1-5,17,19H,6H2. The topological polar surface area (TPSA) is 75.4 Å². The quantitative estimate of drug-likeness (QED) is 0.664. The number of aromatic hydroxyl groups is 1. The molecule has 5 nitrogen and oxygen atoms in total. The van der Waals surface area contributed by atoms with E-state index < -0.39 is 22.2 Å². The average molecular weight is 315 g/mol. The fourth-order valence-corrected chi connectivity index (χ4v) is 1.96. The first-order chi connectivity index (χ1) is 9.90. The molecular weight excluding hydrogens is 306 g/mol. The van der Waals surface area contributed by atoms with Crippen LogP contribution in [0.2, 0.25) is 5.02 Å². The predicted molar refractivity (Wildman–Crippen MR) is 73.5 cm³/mol. The van der Waals surface area contributed by atoms with Gasteiger partial charge in [-0.25, -0.2) is 4.39 Å². The minimum absolute atomic E-state index is 0.0782. The van der Waals surface area contributed by atoms with Crippen LogP contribution in [0, 0.1) is 21.7 Å². The van der Waals surface area contributed by atoms with Crippen molar-refractivity contribution in [1.82, 2.24) is 0 Å². The van der Waals surface area contributed by atoms with E-state index >= 15 is 0 Å². The summed E-state index contributed by atoms with van der Waals surface area (Å²) in [4.78, 5) is 9.67. The van der Waals surface area contributed by atoms with Crippen LogP contribution in [0.15, 0.2) is 30.3 Å². The van der Waals surface area contributed by atoms with Gasteiger partial charge >= 0.3 is 5.69 Å². The highest BCUT2D eigenvalue weighted by atomic mass is 35.5. The number of halogens is 3. The van der Waals surface area contributed by atoms with Crippen molar-refractivity contribution in [3.8, 4) is 5.75 Å². The van der Waals surface area contributed by atoms with Gasteiger partial charge in [-0.05, 0) is 12.1 Å². The van der Waals surface area contributed by atoms with Gasteiger partial charge in [0, 0.05) is 29.3 Å². The summed E-state index contributed by atoms with van der Waals surface area (Å²) < 4.78 is 26.8. The lowest BCUT2D eigenvalue weighted by Crippen LogP contribution is -2.04. The van der Waals surface area contributed by atoms with Crippen LogP contribution in [-0.4, -0.2) is 10.0 Å². The molecule has 0 saturated heterocycles. The number of phenols is 1. The zero-order valence-corrected chi connectivity index (χ0v) is 11.2. The Morgan fingerprint density at radius 1 is 1.29 bits per heavy atom. The van der Waals surface area contributed by atoms with Crippen molar-refractivity contribution in [3.05, 3.63) is 62.7 Å². The lowest BCUT2D eigenvalue weighted by atomic mass is 10.2. The Balaban J connectivity index is 2.28. The van der Waals surface area contributed by atoms with Crippen molar-refractivity contribution < 1.29 is 18.8 Å². The second kappa shape index (κ2) is 5.92. The normalized spacial score (nSPS) is 10.4. The second-order valence-electron chi connectivity index (χ2n) is 4.13. The Morgan fingerprint density at radius 2 is 2.00 bits per heavy atom. The van der Waals surface area contributed by atoms with E-state index in [0.717, 1.165) is 6.07 Å². The van der Waals surface area contributed by atoms with Crippen LogP contribution in [0.1, 0.15) is 5.56 Å². The number of nitro groups is 1. The first kappa shape index (κ1) is 15.0. The highest BCUT2D eigenvalue weighted by Crippen LogP contribution is 2.29. The van der Waals surface area contributed by atoms with E-state index in [9.17, 15) is 24.0 Å². The zero-order valence-electron chi connectivity index (χ0n) is 10.4. The molecule has 0 aliphatic heterocycles. The van der Waals surface area contributed by atoms with Crippen LogP contribution >= 0.6 is 11.6 Å². The third-order valence-electron chi connectivity index (χ3n) is 2.78. The Kier molecular flexibility index (Phi) is 4.23. The molecule has 0 amide bonds. The van der Waals surface area contributed by atoms with E-state index in [0.29, 0.717) is 11.6 Å². The van der Waals surface area contributed by atoms with Gasteiger partial charge in [0.15, 0.2) is 0 Å². The van der Waals surface area contributed by atoms with Gasteiger partial charge < -0.3 is 10.4 Å². The number of nitro benzene ring substituents is 1. The van der Waals surface area contributed by atoms with E-state index in [1.165, 1.54) is 18.2 Å². The first-order valence-electron chi connectivity index (χ1n) is 5.74. The smallest absolute Gasteiger partial charge is 0.307 e. The van der Waals surface area contributed by atoms with E-state index in [2.05, 4.69) is 5.32 Å². The van der Waals surface area contributed by atoms with Crippen LogP contribution in [0.3, 0.4) is 0 Å². The number of hydrogen-bond donors (Lipinski definition) is 2. The van der Waals surface area contributed by atoms with Gasteiger partial charge in [-0.1, -0.05) is 17.7 Å². The van der Waals surface area contributed by atoms with Crippen LogP contribution in [0.5, 0.6) is 5.75 Å². The van der Waals surface area contributed by atoms with Gasteiger partial charge in [0.05, 0.1) is 10.6 Å². The van der Waals surface area contributed by atoms with E-state index in [1.54, 1.807) is 0 Å². The minimum Gasteiger partial charge on any atom is -0.508 e. The average Bonchev–Trinajstić information content (AvgIpc) is 2.39. The maximum atomic E-state index is 13.6. The number of anilines is 1. The van der Waals surface area contributed by atoms with Crippen LogP contribution in [-0.2, 0) is 6.54 Å². The van der Waals surface area contributed by atoms with Gasteiger partial charge in [0.1, 0.15) is 11.6 Å². The SMILES string of the molecule is O=[N+]([O-])c1cc(NCc2c(O)cccc2Cl)c(F)cc1F. The number of benzene rings is 2. The zero-order chi connectivity index (χ0) is 15.6. The number of hydrogen-bond acceptors (Lipinski definition) is 4. The molecule has 21 heavy (non-hydrogen) atoms. The molecule has 2 aromatic carbocycles. The molecule has 0 aliphatic carbocycles. The molecule has 2 rings (SSSR count). The largest absolute Gasteiger partial charge is 0.508 e. The van der Waals surface area contributed by atoms with Gasteiger partial charge in [-0.2, -0.15) is 4.39 Å². The monoisotopic (exact) mass is 314 g/mol. The number of nitrogens with zero attached hydrogens (tertiary/aromatic N) is 1. The summed E-state index contributed by atoms with van der Waals surface area (Å²) in [5.41, 5.74) is -0.810. The highest BCUT2D eigenvalue weighted by molar-refractivity contribution is 6.31. The molecule has 2 N–H and O–H groups in total. The van der Waals surface area contributed by atoms with Crippen molar-refractivity contribution >= 4 is 23.0 Å². The molecule has 0 bridgehead atoms. The van der Waals surface area contributed by atoms with E-state index in [4.69, 9.17) is 11.6 Å². The molecule has 0 atom stereocenters. The summed E-state index contributed by atoms with van der Waals surface area (Å²) in [6.45, 7) is -0.0782. The Labute approximate surface area is 122 Å². The van der Waals surface area contributed by atoms with Crippen LogP contribution < -0.4 is 5.32 Å². The molecule has 2 aromatic rings. The summed E-state index contributed by atoms with van der Waals surface area (Å²) in [6, 6.07) is 5.63. The lowest BCUT2D eigenvalue weighted by Gasteiger charge is -2.10. The molecule has 0 aliphatic rings. The molecule has 110 valence electrons. The molecule has 8 heteroatoms. The Bertz CT molecular complexity index is 690. The first-order valence-corrected chi connectivity index (χ1v) is 6.11. The summed E-state index contributed by atoms with van der Waals surface area (Å²) >= 11 is 5.88. The van der Waals surface area contributed by atoms with Crippen molar-refractivity contribution in [1.29, 1.82) is 0 Å². The Morgan fingerprint density at radius 3 is 2.62 bits per heavy atom. The van der Waals surface area contributed by atoms with Gasteiger partial charge in [-0.15, -0.1) is 0 Å². The van der Waals surface area contributed by atoms with Crippen molar-refractivity contribution in [3.63, 3.8) is 0 Å². The van der Waals surface area contributed by atoms with E-state index in [1.807, 2.05) is 0 Å². The highest BCUT2D eigenvalue weighted by Gasteiger charge is 2.18.